The van der Waals surface area contributed by atoms with Crippen molar-refractivity contribution in [3.63, 3.8) is 0 Å². The number of rotatable bonds is 0. The Morgan fingerprint density at radius 3 is 1.96 bits per heavy atom. The molecule has 1 nitrogen and oxygen atoms in total. The largest absolute Gasteiger partial charge is 0.283 e. The fourth-order valence-corrected chi connectivity index (χ4v) is 5.77. The summed E-state index contributed by atoms with van der Waals surface area (Å²) in [5.74, 6) is 0.798. The molecule has 23 heavy (non-hydrogen) atoms. The molecule has 3 aliphatic rings. The van der Waals surface area contributed by atoms with Gasteiger partial charge in [-0.3, -0.25) is 4.90 Å². The zero-order valence-corrected chi connectivity index (χ0v) is 14.6. The SMILES string of the molecule is CN1[C@@]2(C)c3ccccc3[C@@]3(C)C[C@H]3C[C@]1(C)c1ccccc12. The highest BCUT2D eigenvalue weighted by atomic mass is 15.3. The predicted molar refractivity (Wildman–Crippen MR) is 94.5 cm³/mol. The van der Waals surface area contributed by atoms with E-state index >= 15 is 0 Å². The first-order valence-electron chi connectivity index (χ1n) is 8.86. The average molecular weight is 303 g/mol. The van der Waals surface area contributed by atoms with Crippen LogP contribution < -0.4 is 0 Å². The standard InChI is InChI=1S/C22H25N/c1-20-13-15(20)14-21(2)17-10-6-8-12-19(17)22(3,23(21)4)18-11-7-5-9-16(18)20/h5-12,15H,13-14H2,1-4H3/t15-,20-,21+,22-/m0/s1. The van der Waals surface area contributed by atoms with Crippen LogP contribution in [0, 0.1) is 5.92 Å². The van der Waals surface area contributed by atoms with Gasteiger partial charge < -0.3 is 0 Å². The summed E-state index contributed by atoms with van der Waals surface area (Å²) in [6.45, 7) is 7.38. The minimum atomic E-state index is -0.0293. The molecule has 1 saturated carbocycles. The second kappa shape index (κ2) is 3.89. The van der Waals surface area contributed by atoms with Crippen LogP contribution in [-0.4, -0.2) is 11.9 Å². The Morgan fingerprint density at radius 2 is 1.30 bits per heavy atom. The lowest BCUT2D eigenvalue weighted by molar-refractivity contribution is 0.0548. The number of hydrogen-bond acceptors (Lipinski definition) is 1. The average Bonchev–Trinajstić information content (AvgIpc) is 3.18. The van der Waals surface area contributed by atoms with Gasteiger partial charge in [0.25, 0.3) is 0 Å². The van der Waals surface area contributed by atoms with E-state index in [4.69, 9.17) is 0 Å². The molecular formula is C22H25N. The zero-order valence-electron chi connectivity index (χ0n) is 14.6. The topological polar surface area (TPSA) is 3.24 Å². The molecule has 118 valence electrons. The Hall–Kier alpha value is -1.60. The van der Waals surface area contributed by atoms with Crippen molar-refractivity contribution in [2.24, 2.45) is 5.92 Å². The lowest BCUT2D eigenvalue weighted by Crippen LogP contribution is -2.48. The fraction of sp³-hybridized carbons (Fsp3) is 0.455. The first kappa shape index (κ1) is 13.8. The highest BCUT2D eigenvalue weighted by Crippen LogP contribution is 2.66. The van der Waals surface area contributed by atoms with Crippen LogP contribution in [0.25, 0.3) is 0 Å². The molecular weight excluding hydrogens is 278 g/mol. The van der Waals surface area contributed by atoms with Crippen LogP contribution in [0.4, 0.5) is 0 Å². The molecule has 2 aromatic rings. The van der Waals surface area contributed by atoms with Crippen LogP contribution in [-0.2, 0) is 16.5 Å². The van der Waals surface area contributed by atoms with Crippen LogP contribution in [0.5, 0.6) is 0 Å². The normalized spacial score (nSPS) is 40.6. The van der Waals surface area contributed by atoms with Gasteiger partial charge in [-0.15, -0.1) is 0 Å². The van der Waals surface area contributed by atoms with Crippen molar-refractivity contribution >= 4 is 0 Å². The van der Waals surface area contributed by atoms with Gasteiger partial charge in [0.1, 0.15) is 0 Å². The van der Waals surface area contributed by atoms with Gasteiger partial charge in [-0.2, -0.15) is 0 Å². The molecule has 0 amide bonds. The van der Waals surface area contributed by atoms with Gasteiger partial charge in [0.05, 0.1) is 5.54 Å². The summed E-state index contributed by atoms with van der Waals surface area (Å²) in [5, 5.41) is 0. The molecule has 1 aliphatic carbocycles. The smallest absolute Gasteiger partial charge is 0.0697 e. The summed E-state index contributed by atoms with van der Waals surface area (Å²) in [7, 11) is 2.34. The van der Waals surface area contributed by atoms with Crippen LogP contribution >= 0.6 is 0 Å². The Kier molecular flexibility index (Phi) is 2.34. The van der Waals surface area contributed by atoms with E-state index in [2.05, 4.69) is 81.2 Å². The van der Waals surface area contributed by atoms with E-state index in [-0.39, 0.29) is 11.1 Å². The number of benzene rings is 2. The van der Waals surface area contributed by atoms with E-state index in [1.165, 1.54) is 29.5 Å². The molecule has 0 saturated heterocycles. The number of hydrogen-bond donors (Lipinski definition) is 0. The maximum Gasteiger partial charge on any atom is 0.0697 e. The third-order valence-electron chi connectivity index (χ3n) is 7.56. The van der Waals surface area contributed by atoms with Crippen molar-refractivity contribution in [3.8, 4) is 0 Å². The minimum absolute atomic E-state index is 0.0293. The van der Waals surface area contributed by atoms with Crippen LogP contribution in [0.3, 0.4) is 0 Å². The molecule has 1 fully saturated rings. The van der Waals surface area contributed by atoms with E-state index in [9.17, 15) is 0 Å². The fourth-order valence-electron chi connectivity index (χ4n) is 5.77. The highest BCUT2D eigenvalue weighted by Gasteiger charge is 2.63. The van der Waals surface area contributed by atoms with Crippen molar-refractivity contribution in [2.75, 3.05) is 7.05 Å². The lowest BCUT2D eigenvalue weighted by Gasteiger charge is -2.45. The second-order valence-corrected chi connectivity index (χ2v) is 8.52. The van der Waals surface area contributed by atoms with Gasteiger partial charge in [0.15, 0.2) is 0 Å². The predicted octanol–water partition coefficient (Wildman–Crippen LogP) is 4.79. The third kappa shape index (κ3) is 1.39. The van der Waals surface area contributed by atoms with Crippen molar-refractivity contribution in [3.05, 3.63) is 70.8 Å². The minimum Gasteiger partial charge on any atom is -0.283 e. The van der Waals surface area contributed by atoms with E-state index in [0.29, 0.717) is 5.41 Å². The zero-order chi connectivity index (χ0) is 16.0. The molecule has 2 heterocycles. The van der Waals surface area contributed by atoms with Crippen molar-refractivity contribution in [1.29, 1.82) is 0 Å². The quantitative estimate of drug-likeness (QED) is 0.676. The summed E-state index contributed by atoms with van der Waals surface area (Å²) in [6, 6.07) is 18.4. The summed E-state index contributed by atoms with van der Waals surface area (Å²) < 4.78 is 0. The molecule has 5 rings (SSSR count). The summed E-state index contributed by atoms with van der Waals surface area (Å²) in [5.41, 5.74) is 6.63. The van der Waals surface area contributed by atoms with Gasteiger partial charge in [-0.1, -0.05) is 55.5 Å². The second-order valence-electron chi connectivity index (χ2n) is 8.52. The Bertz CT molecular complexity index is 824. The summed E-state index contributed by atoms with van der Waals surface area (Å²) in [6.07, 6.45) is 2.60. The van der Waals surface area contributed by atoms with Crippen molar-refractivity contribution in [1.82, 2.24) is 4.90 Å². The first-order valence-corrected chi connectivity index (χ1v) is 8.86. The molecule has 2 aliphatic heterocycles. The van der Waals surface area contributed by atoms with Gasteiger partial charge in [-0.25, -0.2) is 0 Å². The van der Waals surface area contributed by atoms with Gasteiger partial charge >= 0.3 is 0 Å². The molecule has 0 aromatic heterocycles. The monoisotopic (exact) mass is 303 g/mol. The van der Waals surface area contributed by atoms with Crippen LogP contribution in [0.2, 0.25) is 0 Å². The Balaban J connectivity index is 1.91. The van der Waals surface area contributed by atoms with E-state index in [1.807, 2.05) is 0 Å². The molecule has 2 aromatic carbocycles. The maximum absolute atomic E-state index is 2.65. The maximum atomic E-state index is 2.65. The molecule has 1 heteroatoms. The van der Waals surface area contributed by atoms with Gasteiger partial charge in [0, 0.05) is 5.54 Å². The van der Waals surface area contributed by atoms with Crippen LogP contribution in [0.15, 0.2) is 48.5 Å². The van der Waals surface area contributed by atoms with Crippen molar-refractivity contribution in [2.45, 2.75) is 50.1 Å². The molecule has 2 bridgehead atoms. The Morgan fingerprint density at radius 1 is 0.783 bits per heavy atom. The number of nitrogens with zero attached hydrogens (tertiary/aromatic N) is 1. The first-order chi connectivity index (χ1) is 10.9. The summed E-state index contributed by atoms with van der Waals surface area (Å²) >= 11 is 0. The molecule has 0 unspecified atom stereocenters. The van der Waals surface area contributed by atoms with Gasteiger partial charge in [-0.05, 0) is 67.3 Å². The van der Waals surface area contributed by atoms with E-state index in [0.717, 1.165) is 5.92 Å². The van der Waals surface area contributed by atoms with Gasteiger partial charge in [0.2, 0.25) is 0 Å². The van der Waals surface area contributed by atoms with E-state index in [1.54, 1.807) is 5.56 Å². The highest BCUT2D eigenvalue weighted by molar-refractivity contribution is 5.56. The van der Waals surface area contributed by atoms with E-state index < -0.39 is 0 Å². The molecule has 0 N–H and O–H groups in total. The lowest BCUT2D eigenvalue weighted by atomic mass is 9.77. The molecule has 0 spiro atoms. The third-order valence-corrected chi connectivity index (χ3v) is 7.56. The summed E-state index contributed by atoms with van der Waals surface area (Å²) in [4.78, 5) is 2.65. The molecule has 0 radical (unpaired) electrons. The Labute approximate surface area is 139 Å². The molecule has 4 atom stereocenters. The number of fused-ring (bicyclic) bond motifs is 9. The van der Waals surface area contributed by atoms with Crippen LogP contribution in [0.1, 0.15) is 55.9 Å². The van der Waals surface area contributed by atoms with Crippen molar-refractivity contribution < 1.29 is 0 Å².